The van der Waals surface area contributed by atoms with Crippen molar-refractivity contribution in [1.82, 2.24) is 10.6 Å². The molecular formula is C10H17F3N2O2. The normalized spacial score (nSPS) is 18.6. The van der Waals surface area contributed by atoms with Gasteiger partial charge in [-0.3, -0.25) is 4.79 Å². The highest BCUT2D eigenvalue weighted by Gasteiger charge is 2.29. The average molecular weight is 254 g/mol. The number of rotatable bonds is 6. The third kappa shape index (κ3) is 5.36. The van der Waals surface area contributed by atoms with Crippen molar-refractivity contribution < 1.29 is 22.7 Å². The Morgan fingerprint density at radius 3 is 2.65 bits per heavy atom. The first-order valence-corrected chi connectivity index (χ1v) is 5.53. The van der Waals surface area contributed by atoms with Gasteiger partial charge in [0.15, 0.2) is 0 Å². The number of hydrogen-bond acceptors (Lipinski definition) is 3. The average Bonchev–Trinajstić information content (AvgIpc) is 2.12. The molecule has 1 unspecified atom stereocenters. The standard InChI is InChI=1S/C10H17F3N2O2/c1-7(8-4-14-5-8)9(16)15-2-3-17-6-10(11,12)13/h7-8,14H,2-6H2,1H3,(H,15,16). The topological polar surface area (TPSA) is 50.4 Å². The molecule has 0 spiro atoms. The monoisotopic (exact) mass is 254 g/mol. The third-order valence-corrected chi connectivity index (χ3v) is 2.75. The largest absolute Gasteiger partial charge is 0.411 e. The van der Waals surface area contributed by atoms with E-state index in [4.69, 9.17) is 0 Å². The Morgan fingerprint density at radius 1 is 1.53 bits per heavy atom. The molecule has 0 aliphatic carbocycles. The van der Waals surface area contributed by atoms with E-state index >= 15 is 0 Å². The van der Waals surface area contributed by atoms with Crippen LogP contribution in [0.5, 0.6) is 0 Å². The molecule has 17 heavy (non-hydrogen) atoms. The van der Waals surface area contributed by atoms with Crippen LogP contribution in [-0.4, -0.2) is 44.9 Å². The molecule has 4 nitrogen and oxygen atoms in total. The highest BCUT2D eigenvalue weighted by atomic mass is 19.4. The van der Waals surface area contributed by atoms with Crippen LogP contribution >= 0.6 is 0 Å². The number of nitrogens with one attached hydrogen (secondary N) is 2. The minimum Gasteiger partial charge on any atom is -0.370 e. The Kier molecular flexibility index (Phi) is 5.20. The van der Waals surface area contributed by atoms with Crippen molar-refractivity contribution >= 4 is 5.91 Å². The van der Waals surface area contributed by atoms with E-state index in [0.717, 1.165) is 13.1 Å². The second kappa shape index (κ2) is 6.20. The van der Waals surface area contributed by atoms with Gasteiger partial charge in [-0.05, 0) is 19.0 Å². The maximum Gasteiger partial charge on any atom is 0.411 e. The van der Waals surface area contributed by atoms with E-state index in [-0.39, 0.29) is 25.0 Å². The van der Waals surface area contributed by atoms with Crippen LogP contribution in [0, 0.1) is 11.8 Å². The zero-order valence-electron chi connectivity index (χ0n) is 9.64. The van der Waals surface area contributed by atoms with Crippen LogP contribution < -0.4 is 10.6 Å². The molecule has 1 atom stereocenters. The van der Waals surface area contributed by atoms with E-state index < -0.39 is 12.8 Å². The van der Waals surface area contributed by atoms with Crippen molar-refractivity contribution in [1.29, 1.82) is 0 Å². The number of halogens is 3. The molecule has 1 aliphatic heterocycles. The first-order chi connectivity index (χ1) is 7.90. The van der Waals surface area contributed by atoms with Crippen LogP contribution in [0.3, 0.4) is 0 Å². The van der Waals surface area contributed by atoms with Crippen LogP contribution in [0.15, 0.2) is 0 Å². The Hall–Kier alpha value is -0.820. The van der Waals surface area contributed by atoms with Gasteiger partial charge >= 0.3 is 6.18 Å². The Morgan fingerprint density at radius 2 is 2.18 bits per heavy atom. The lowest BCUT2D eigenvalue weighted by molar-refractivity contribution is -0.173. The minimum atomic E-state index is -4.31. The summed E-state index contributed by atoms with van der Waals surface area (Å²) < 4.78 is 39.5. The number of carbonyl (C=O) groups excluding carboxylic acids is 1. The summed E-state index contributed by atoms with van der Waals surface area (Å²) in [5.74, 6) is 0.0806. The zero-order valence-corrected chi connectivity index (χ0v) is 9.64. The molecule has 2 N–H and O–H groups in total. The van der Waals surface area contributed by atoms with Crippen molar-refractivity contribution in [2.75, 3.05) is 32.8 Å². The third-order valence-electron chi connectivity index (χ3n) is 2.75. The molecule has 1 amide bonds. The number of carbonyl (C=O) groups is 1. The lowest BCUT2D eigenvalue weighted by atomic mass is 9.88. The number of ether oxygens (including phenoxy) is 1. The number of hydrogen-bond donors (Lipinski definition) is 2. The Bertz CT molecular complexity index is 254. The van der Waals surface area contributed by atoms with Gasteiger partial charge in [-0.2, -0.15) is 13.2 Å². The van der Waals surface area contributed by atoms with Crippen LogP contribution in [0.1, 0.15) is 6.92 Å². The van der Waals surface area contributed by atoms with E-state index in [0.29, 0.717) is 5.92 Å². The summed E-state index contributed by atoms with van der Waals surface area (Å²) in [5.41, 5.74) is 0. The van der Waals surface area contributed by atoms with Gasteiger partial charge < -0.3 is 15.4 Å². The first-order valence-electron chi connectivity index (χ1n) is 5.53. The fourth-order valence-corrected chi connectivity index (χ4v) is 1.47. The quantitative estimate of drug-likeness (QED) is 0.680. The smallest absolute Gasteiger partial charge is 0.370 e. The predicted molar refractivity (Wildman–Crippen MR) is 55.4 cm³/mol. The highest BCUT2D eigenvalue weighted by Crippen LogP contribution is 2.16. The van der Waals surface area contributed by atoms with Crippen molar-refractivity contribution in [2.45, 2.75) is 13.1 Å². The second-order valence-electron chi connectivity index (χ2n) is 4.17. The molecule has 0 bridgehead atoms. The fraction of sp³-hybridized carbons (Fsp3) is 0.900. The van der Waals surface area contributed by atoms with Gasteiger partial charge in [-0.25, -0.2) is 0 Å². The van der Waals surface area contributed by atoms with Crippen molar-refractivity contribution in [3.63, 3.8) is 0 Å². The van der Waals surface area contributed by atoms with E-state index in [9.17, 15) is 18.0 Å². The molecule has 0 aromatic carbocycles. The molecule has 100 valence electrons. The van der Waals surface area contributed by atoms with Gasteiger partial charge in [0.1, 0.15) is 6.61 Å². The molecule has 1 fully saturated rings. The SMILES string of the molecule is CC(C(=O)NCCOCC(F)(F)F)C1CNC1. The summed E-state index contributed by atoms with van der Waals surface area (Å²) in [6.45, 7) is 2.17. The summed E-state index contributed by atoms with van der Waals surface area (Å²) in [6, 6.07) is 0. The lowest BCUT2D eigenvalue weighted by Gasteiger charge is -2.31. The van der Waals surface area contributed by atoms with Gasteiger partial charge in [0.25, 0.3) is 0 Å². The summed E-state index contributed by atoms with van der Waals surface area (Å²) >= 11 is 0. The Labute approximate surface area is 97.9 Å². The van der Waals surface area contributed by atoms with Gasteiger partial charge in [0, 0.05) is 12.5 Å². The van der Waals surface area contributed by atoms with Gasteiger partial charge in [-0.1, -0.05) is 6.92 Å². The van der Waals surface area contributed by atoms with Crippen molar-refractivity contribution in [3.8, 4) is 0 Å². The lowest BCUT2D eigenvalue weighted by Crippen LogP contribution is -2.49. The van der Waals surface area contributed by atoms with E-state index in [1.165, 1.54) is 0 Å². The van der Waals surface area contributed by atoms with Gasteiger partial charge in [0.2, 0.25) is 5.91 Å². The van der Waals surface area contributed by atoms with Crippen molar-refractivity contribution in [3.05, 3.63) is 0 Å². The molecule has 0 saturated carbocycles. The maximum absolute atomic E-state index is 11.7. The van der Waals surface area contributed by atoms with E-state index in [2.05, 4.69) is 15.4 Å². The highest BCUT2D eigenvalue weighted by molar-refractivity contribution is 5.78. The predicted octanol–water partition coefficient (Wildman–Crippen LogP) is 0.537. The zero-order chi connectivity index (χ0) is 12.9. The van der Waals surface area contributed by atoms with Gasteiger partial charge in [-0.15, -0.1) is 0 Å². The maximum atomic E-state index is 11.7. The van der Waals surface area contributed by atoms with E-state index in [1.54, 1.807) is 0 Å². The molecule has 0 aromatic rings. The minimum absolute atomic E-state index is 0.111. The number of alkyl halides is 3. The van der Waals surface area contributed by atoms with Crippen molar-refractivity contribution in [2.24, 2.45) is 11.8 Å². The summed E-state index contributed by atoms with van der Waals surface area (Å²) in [5, 5.41) is 5.62. The van der Waals surface area contributed by atoms with Crippen LogP contribution in [-0.2, 0) is 9.53 Å². The van der Waals surface area contributed by atoms with Crippen LogP contribution in [0.25, 0.3) is 0 Å². The molecular weight excluding hydrogens is 237 g/mol. The van der Waals surface area contributed by atoms with Gasteiger partial charge in [0.05, 0.1) is 6.61 Å². The Balaban J connectivity index is 2.03. The molecule has 1 aliphatic rings. The summed E-state index contributed by atoms with van der Waals surface area (Å²) in [4.78, 5) is 11.5. The second-order valence-corrected chi connectivity index (χ2v) is 4.17. The summed E-state index contributed by atoms with van der Waals surface area (Å²) in [6.07, 6.45) is -4.31. The molecule has 0 aromatic heterocycles. The molecule has 1 heterocycles. The molecule has 1 saturated heterocycles. The molecule has 7 heteroatoms. The molecule has 0 radical (unpaired) electrons. The number of amides is 1. The fourth-order valence-electron chi connectivity index (χ4n) is 1.47. The first kappa shape index (κ1) is 14.2. The van der Waals surface area contributed by atoms with Crippen LogP contribution in [0.2, 0.25) is 0 Å². The molecule has 1 rings (SSSR count). The summed E-state index contributed by atoms with van der Waals surface area (Å²) in [7, 11) is 0. The van der Waals surface area contributed by atoms with E-state index in [1.807, 2.05) is 6.92 Å². The van der Waals surface area contributed by atoms with Crippen LogP contribution in [0.4, 0.5) is 13.2 Å².